The minimum Gasteiger partial charge on any atom is -0.481 e. The summed E-state index contributed by atoms with van der Waals surface area (Å²) in [6, 6.07) is 4.88. The molecule has 1 saturated heterocycles. The highest BCUT2D eigenvalue weighted by Gasteiger charge is 2.39. The molecular formula is C15H16N2O4. The summed E-state index contributed by atoms with van der Waals surface area (Å²) in [5.74, 6) is -1.44. The topological polar surface area (TPSA) is 83.6 Å². The van der Waals surface area contributed by atoms with Crippen LogP contribution < -0.4 is 0 Å². The molecular weight excluding hydrogens is 272 g/mol. The van der Waals surface area contributed by atoms with Gasteiger partial charge in [0.15, 0.2) is 11.3 Å². The van der Waals surface area contributed by atoms with Gasteiger partial charge in [-0.2, -0.15) is 0 Å². The first kappa shape index (κ1) is 13.6. The second kappa shape index (κ2) is 4.87. The zero-order chi connectivity index (χ0) is 15.1. The molecule has 1 amide bonds. The summed E-state index contributed by atoms with van der Waals surface area (Å²) in [4.78, 5) is 29.5. The maximum Gasteiger partial charge on any atom is 0.308 e. The molecule has 2 aromatic heterocycles. The Hall–Kier alpha value is -2.37. The van der Waals surface area contributed by atoms with Gasteiger partial charge in [-0.1, -0.05) is 0 Å². The van der Waals surface area contributed by atoms with Gasteiger partial charge in [0.1, 0.15) is 5.52 Å². The molecule has 6 heteroatoms. The average molecular weight is 288 g/mol. The Bertz CT molecular complexity index is 722. The fraction of sp³-hybridized carbons (Fsp3) is 0.400. The molecule has 1 aliphatic heterocycles. The van der Waals surface area contributed by atoms with E-state index in [0.717, 1.165) is 5.69 Å². The van der Waals surface area contributed by atoms with Crippen LogP contribution in [0.1, 0.15) is 29.6 Å². The number of carboxylic acids is 1. The van der Waals surface area contributed by atoms with E-state index in [9.17, 15) is 9.59 Å². The third-order valence-corrected chi connectivity index (χ3v) is 4.06. The maximum atomic E-state index is 12.5. The number of carbonyl (C=O) groups excluding carboxylic acids is 1. The summed E-state index contributed by atoms with van der Waals surface area (Å²) in [5, 5.41) is 9.13. The Kier molecular flexibility index (Phi) is 3.16. The van der Waals surface area contributed by atoms with E-state index >= 15 is 0 Å². The smallest absolute Gasteiger partial charge is 0.308 e. The summed E-state index contributed by atoms with van der Waals surface area (Å²) in [5.41, 5.74) is 2.05. The molecule has 110 valence electrons. The first-order valence-corrected chi connectivity index (χ1v) is 6.88. The van der Waals surface area contributed by atoms with Crippen LogP contribution in [0, 0.1) is 12.8 Å². The Labute approximate surface area is 121 Å². The van der Waals surface area contributed by atoms with Crippen molar-refractivity contribution in [2.45, 2.75) is 26.3 Å². The highest BCUT2D eigenvalue weighted by atomic mass is 16.4. The molecule has 2 aromatic rings. The first-order chi connectivity index (χ1) is 9.97. The molecule has 2 unspecified atom stereocenters. The molecule has 1 N–H and O–H groups in total. The van der Waals surface area contributed by atoms with Gasteiger partial charge in [0.2, 0.25) is 0 Å². The Morgan fingerprint density at radius 3 is 2.86 bits per heavy atom. The fourth-order valence-corrected chi connectivity index (χ4v) is 2.83. The van der Waals surface area contributed by atoms with Crippen LogP contribution in [0.25, 0.3) is 11.1 Å². The van der Waals surface area contributed by atoms with Gasteiger partial charge in [-0.3, -0.25) is 9.59 Å². The predicted molar refractivity (Wildman–Crippen MR) is 75.0 cm³/mol. The van der Waals surface area contributed by atoms with Gasteiger partial charge < -0.3 is 14.4 Å². The van der Waals surface area contributed by atoms with E-state index < -0.39 is 11.9 Å². The number of nitrogens with zero attached hydrogens (tertiary/aromatic N) is 2. The van der Waals surface area contributed by atoms with Crippen LogP contribution in [-0.4, -0.2) is 39.5 Å². The number of hydrogen-bond donors (Lipinski definition) is 1. The number of carboxylic acid groups (broad SMARTS) is 1. The number of furan rings is 1. The monoisotopic (exact) mass is 288 g/mol. The van der Waals surface area contributed by atoms with Crippen LogP contribution >= 0.6 is 0 Å². The van der Waals surface area contributed by atoms with Gasteiger partial charge in [-0.15, -0.1) is 0 Å². The number of aliphatic carboxylic acids is 1. The lowest BCUT2D eigenvalue weighted by molar-refractivity contribution is -0.142. The van der Waals surface area contributed by atoms with Crippen molar-refractivity contribution in [1.82, 2.24) is 9.88 Å². The highest BCUT2D eigenvalue weighted by molar-refractivity contribution is 5.96. The molecule has 6 nitrogen and oxygen atoms in total. The normalized spacial score (nSPS) is 21.9. The number of rotatable bonds is 2. The maximum absolute atomic E-state index is 12.5. The molecule has 21 heavy (non-hydrogen) atoms. The fourth-order valence-electron chi connectivity index (χ4n) is 2.83. The second-order valence-corrected chi connectivity index (χ2v) is 5.42. The van der Waals surface area contributed by atoms with E-state index in [1.165, 1.54) is 0 Å². The summed E-state index contributed by atoms with van der Waals surface area (Å²) >= 11 is 0. The van der Waals surface area contributed by atoms with Crippen molar-refractivity contribution < 1.29 is 19.1 Å². The second-order valence-electron chi connectivity index (χ2n) is 5.42. The van der Waals surface area contributed by atoms with E-state index in [1.54, 1.807) is 24.0 Å². The van der Waals surface area contributed by atoms with E-state index in [2.05, 4.69) is 4.98 Å². The predicted octanol–water partition coefficient (Wildman–Crippen LogP) is 2.07. The third-order valence-electron chi connectivity index (χ3n) is 4.06. The van der Waals surface area contributed by atoms with E-state index in [4.69, 9.17) is 9.52 Å². The molecule has 0 aliphatic carbocycles. The Balaban J connectivity index is 1.89. The van der Waals surface area contributed by atoms with Crippen molar-refractivity contribution in [3.8, 4) is 0 Å². The third kappa shape index (κ3) is 2.26. The number of amides is 1. The zero-order valence-electron chi connectivity index (χ0n) is 11.9. The lowest BCUT2D eigenvalue weighted by Crippen LogP contribution is -2.37. The molecule has 0 aromatic carbocycles. The summed E-state index contributed by atoms with van der Waals surface area (Å²) in [6.07, 6.45) is 0.472. The quantitative estimate of drug-likeness (QED) is 0.914. The van der Waals surface area contributed by atoms with E-state index in [0.29, 0.717) is 24.1 Å². The van der Waals surface area contributed by atoms with Crippen molar-refractivity contribution in [2.75, 3.05) is 6.54 Å². The number of aromatic nitrogens is 1. The molecule has 0 radical (unpaired) electrons. The van der Waals surface area contributed by atoms with Crippen LogP contribution in [0.5, 0.6) is 0 Å². The molecule has 3 rings (SSSR count). The molecule has 0 bridgehead atoms. The number of likely N-dealkylation sites (tertiary alicyclic amines) is 1. The van der Waals surface area contributed by atoms with Crippen molar-refractivity contribution in [3.05, 3.63) is 29.7 Å². The molecule has 0 spiro atoms. The van der Waals surface area contributed by atoms with Gasteiger partial charge in [-0.25, -0.2) is 4.98 Å². The minimum absolute atomic E-state index is 0.209. The number of pyridine rings is 1. The van der Waals surface area contributed by atoms with E-state index in [1.807, 2.05) is 13.0 Å². The summed E-state index contributed by atoms with van der Waals surface area (Å²) < 4.78 is 5.54. The summed E-state index contributed by atoms with van der Waals surface area (Å²) in [7, 11) is 0. The molecule has 1 fully saturated rings. The van der Waals surface area contributed by atoms with Crippen LogP contribution in [0.4, 0.5) is 0 Å². The first-order valence-electron chi connectivity index (χ1n) is 6.88. The van der Waals surface area contributed by atoms with E-state index in [-0.39, 0.29) is 17.7 Å². The van der Waals surface area contributed by atoms with Crippen molar-refractivity contribution >= 4 is 23.0 Å². The molecule has 2 atom stereocenters. The summed E-state index contributed by atoms with van der Waals surface area (Å²) in [6.45, 7) is 4.06. The van der Waals surface area contributed by atoms with Gasteiger partial charge in [0.05, 0.1) is 5.92 Å². The van der Waals surface area contributed by atoms with Gasteiger partial charge >= 0.3 is 5.97 Å². The number of carbonyl (C=O) groups is 2. The zero-order valence-corrected chi connectivity index (χ0v) is 11.9. The van der Waals surface area contributed by atoms with Crippen LogP contribution in [0.2, 0.25) is 0 Å². The lowest BCUT2D eigenvalue weighted by atomic mass is 10.0. The Morgan fingerprint density at radius 1 is 1.43 bits per heavy atom. The van der Waals surface area contributed by atoms with Crippen LogP contribution in [-0.2, 0) is 4.79 Å². The average Bonchev–Trinajstić information content (AvgIpc) is 3.00. The largest absolute Gasteiger partial charge is 0.481 e. The van der Waals surface area contributed by atoms with Crippen LogP contribution in [0.15, 0.2) is 22.6 Å². The molecule has 1 aliphatic rings. The number of aryl methyl sites for hydroxylation is 1. The highest BCUT2D eigenvalue weighted by Crippen LogP contribution is 2.27. The SMILES string of the molecule is Cc1ccc2oc(C(=O)N3CCC(C(=O)O)C3C)cc2n1. The Morgan fingerprint density at radius 2 is 2.19 bits per heavy atom. The van der Waals surface area contributed by atoms with Crippen molar-refractivity contribution in [2.24, 2.45) is 5.92 Å². The lowest BCUT2D eigenvalue weighted by Gasteiger charge is -2.21. The van der Waals surface area contributed by atoms with Crippen molar-refractivity contribution in [1.29, 1.82) is 0 Å². The number of hydrogen-bond acceptors (Lipinski definition) is 4. The molecule has 3 heterocycles. The minimum atomic E-state index is -0.861. The standard InChI is InChI=1S/C15H16N2O4/c1-8-3-4-12-11(16-8)7-13(21-12)14(18)17-6-5-10(9(17)2)15(19)20/h3-4,7,9-10H,5-6H2,1-2H3,(H,19,20). The van der Waals surface area contributed by atoms with Crippen LogP contribution in [0.3, 0.4) is 0 Å². The van der Waals surface area contributed by atoms with Gasteiger partial charge in [0.25, 0.3) is 5.91 Å². The van der Waals surface area contributed by atoms with Gasteiger partial charge in [0, 0.05) is 24.3 Å². The van der Waals surface area contributed by atoms with Gasteiger partial charge in [-0.05, 0) is 32.4 Å². The van der Waals surface area contributed by atoms with Crippen molar-refractivity contribution in [3.63, 3.8) is 0 Å². The molecule has 0 saturated carbocycles. The number of fused-ring (bicyclic) bond motifs is 1.